The van der Waals surface area contributed by atoms with Gasteiger partial charge in [-0.15, -0.1) is 0 Å². The Kier molecular flexibility index (Phi) is 5.35. The highest BCUT2D eigenvalue weighted by molar-refractivity contribution is 9.10. The fraction of sp³-hybridized carbons (Fsp3) is 0. The molecule has 0 aliphatic rings. The van der Waals surface area contributed by atoms with Crippen LogP contribution in [0.2, 0.25) is 0 Å². The number of nitro benzene ring substituents is 1. The summed E-state index contributed by atoms with van der Waals surface area (Å²) in [6.45, 7) is 0. The summed E-state index contributed by atoms with van der Waals surface area (Å²) >= 11 is 4.62. The van der Waals surface area contributed by atoms with E-state index >= 15 is 0 Å². The minimum Gasteiger partial charge on any atom is -0.478 e. The molecular formula is C15H10BrNO4S. The van der Waals surface area contributed by atoms with Gasteiger partial charge < -0.3 is 5.11 Å². The number of carbonyl (C=O) groups is 1. The monoisotopic (exact) mass is 379 g/mol. The van der Waals surface area contributed by atoms with E-state index in [4.69, 9.17) is 5.11 Å². The molecule has 7 heteroatoms. The summed E-state index contributed by atoms with van der Waals surface area (Å²) in [6, 6.07) is 12.1. The van der Waals surface area contributed by atoms with Gasteiger partial charge in [0.15, 0.2) is 0 Å². The Morgan fingerprint density at radius 2 is 1.91 bits per heavy atom. The van der Waals surface area contributed by atoms with Gasteiger partial charge in [-0.25, -0.2) is 4.79 Å². The van der Waals surface area contributed by atoms with E-state index < -0.39 is 10.9 Å². The van der Waals surface area contributed by atoms with Gasteiger partial charge in [-0.1, -0.05) is 33.8 Å². The van der Waals surface area contributed by atoms with Crippen LogP contribution in [0.4, 0.5) is 5.69 Å². The maximum Gasteiger partial charge on any atom is 0.328 e. The van der Waals surface area contributed by atoms with E-state index in [1.165, 1.54) is 23.9 Å². The van der Waals surface area contributed by atoms with E-state index in [0.29, 0.717) is 10.5 Å². The second-order valence-electron chi connectivity index (χ2n) is 4.21. The summed E-state index contributed by atoms with van der Waals surface area (Å²) in [5, 5.41) is 19.8. The molecule has 2 rings (SSSR count). The quantitative estimate of drug-likeness (QED) is 0.466. The molecule has 112 valence electrons. The topological polar surface area (TPSA) is 80.4 Å². The average Bonchev–Trinajstić information content (AvgIpc) is 2.48. The predicted molar refractivity (Wildman–Crippen MR) is 88.0 cm³/mol. The number of hydrogen-bond donors (Lipinski definition) is 1. The van der Waals surface area contributed by atoms with Crippen LogP contribution in [0, 0.1) is 10.1 Å². The van der Waals surface area contributed by atoms with Crippen LogP contribution in [0.25, 0.3) is 6.08 Å². The summed E-state index contributed by atoms with van der Waals surface area (Å²) in [5.41, 5.74) is 0.412. The van der Waals surface area contributed by atoms with Gasteiger partial charge in [0.05, 0.1) is 9.82 Å². The maximum absolute atomic E-state index is 11.2. The number of aliphatic carboxylic acids is 1. The van der Waals surface area contributed by atoms with Crippen molar-refractivity contribution < 1.29 is 14.8 Å². The van der Waals surface area contributed by atoms with Crippen molar-refractivity contribution in [3.05, 3.63) is 68.7 Å². The number of nitro groups is 1. The normalized spacial score (nSPS) is 10.8. The van der Waals surface area contributed by atoms with Gasteiger partial charge in [-0.2, -0.15) is 0 Å². The molecule has 0 amide bonds. The maximum atomic E-state index is 11.2. The molecule has 0 bridgehead atoms. The molecule has 1 N–H and O–H groups in total. The highest BCUT2D eigenvalue weighted by Crippen LogP contribution is 2.36. The first-order valence-corrected chi connectivity index (χ1v) is 7.69. The molecular weight excluding hydrogens is 370 g/mol. The third-order valence-corrected chi connectivity index (χ3v) is 4.24. The molecule has 0 saturated heterocycles. The fourth-order valence-corrected chi connectivity index (χ4v) is 2.83. The van der Waals surface area contributed by atoms with Gasteiger partial charge in [-0.3, -0.25) is 10.1 Å². The molecule has 0 aliphatic carbocycles. The van der Waals surface area contributed by atoms with Crippen molar-refractivity contribution in [2.75, 3.05) is 0 Å². The van der Waals surface area contributed by atoms with Crippen LogP contribution < -0.4 is 0 Å². The first-order valence-electron chi connectivity index (χ1n) is 6.08. The molecule has 0 aromatic heterocycles. The number of nitrogens with zero attached hydrogens (tertiary/aromatic N) is 1. The summed E-state index contributed by atoms with van der Waals surface area (Å²) in [6.07, 6.45) is 2.27. The van der Waals surface area contributed by atoms with Crippen molar-refractivity contribution in [1.29, 1.82) is 0 Å². The van der Waals surface area contributed by atoms with Crippen LogP contribution in [0.1, 0.15) is 5.56 Å². The minimum atomic E-state index is -1.10. The number of hydrogen-bond acceptors (Lipinski definition) is 4. The first-order chi connectivity index (χ1) is 10.5. The molecule has 0 heterocycles. The second kappa shape index (κ2) is 7.24. The van der Waals surface area contributed by atoms with E-state index in [9.17, 15) is 14.9 Å². The van der Waals surface area contributed by atoms with Gasteiger partial charge in [-0.05, 0) is 42.0 Å². The molecule has 2 aromatic carbocycles. The molecule has 0 aliphatic heterocycles. The lowest BCUT2D eigenvalue weighted by molar-refractivity contribution is -0.387. The zero-order valence-electron chi connectivity index (χ0n) is 11.1. The highest BCUT2D eigenvalue weighted by Gasteiger charge is 2.15. The van der Waals surface area contributed by atoms with Gasteiger partial charge in [0.2, 0.25) is 0 Å². The van der Waals surface area contributed by atoms with E-state index in [-0.39, 0.29) is 5.69 Å². The number of carboxylic acid groups (broad SMARTS) is 1. The van der Waals surface area contributed by atoms with Crippen molar-refractivity contribution in [1.82, 2.24) is 0 Å². The lowest BCUT2D eigenvalue weighted by Crippen LogP contribution is -1.92. The summed E-state index contributed by atoms with van der Waals surface area (Å²) in [7, 11) is 0. The molecule has 2 aromatic rings. The SMILES string of the molecule is O=C(O)/C=C\c1ccc(Sc2ccc(Br)cc2)c([N+](=O)[O-])c1. The van der Waals surface area contributed by atoms with Gasteiger partial charge >= 0.3 is 5.97 Å². The van der Waals surface area contributed by atoms with Crippen LogP contribution in [0.15, 0.2) is 62.8 Å². The molecule has 0 saturated carbocycles. The lowest BCUT2D eigenvalue weighted by Gasteiger charge is -2.04. The predicted octanol–water partition coefficient (Wildman–Crippen LogP) is 4.61. The van der Waals surface area contributed by atoms with Crippen molar-refractivity contribution in [2.45, 2.75) is 9.79 Å². The Bertz CT molecular complexity index is 744. The minimum absolute atomic E-state index is 0.0551. The van der Waals surface area contributed by atoms with Gasteiger partial charge in [0.1, 0.15) is 0 Å². The van der Waals surface area contributed by atoms with Crippen molar-refractivity contribution in [2.24, 2.45) is 0 Å². The smallest absolute Gasteiger partial charge is 0.328 e. The summed E-state index contributed by atoms with van der Waals surface area (Å²) < 4.78 is 0.931. The highest BCUT2D eigenvalue weighted by atomic mass is 79.9. The zero-order valence-corrected chi connectivity index (χ0v) is 13.5. The first kappa shape index (κ1) is 16.3. The molecule has 0 spiro atoms. The van der Waals surface area contributed by atoms with Gasteiger partial charge in [0, 0.05) is 21.5 Å². The third kappa shape index (κ3) is 4.44. The molecule has 5 nitrogen and oxygen atoms in total. The molecule has 0 atom stereocenters. The second-order valence-corrected chi connectivity index (χ2v) is 6.24. The zero-order chi connectivity index (χ0) is 16.1. The average molecular weight is 380 g/mol. The van der Waals surface area contributed by atoms with Crippen LogP contribution >= 0.6 is 27.7 Å². The summed E-state index contributed by atoms with van der Waals surface area (Å²) in [5.74, 6) is -1.10. The van der Waals surface area contributed by atoms with Crippen LogP contribution in [0.3, 0.4) is 0 Å². The number of halogens is 1. The van der Waals surface area contributed by atoms with Crippen molar-refractivity contribution >= 4 is 45.4 Å². The Labute approximate surface area is 138 Å². The van der Waals surface area contributed by atoms with E-state index in [2.05, 4.69) is 15.9 Å². The standard InChI is InChI=1S/C15H10BrNO4S/c16-11-3-5-12(6-4-11)22-14-7-1-10(2-8-15(18)19)9-13(14)17(20)21/h1-9H,(H,18,19)/b8-2-. The largest absolute Gasteiger partial charge is 0.478 e. The Morgan fingerprint density at radius 3 is 2.50 bits per heavy atom. The molecule has 0 unspecified atom stereocenters. The van der Waals surface area contributed by atoms with Crippen molar-refractivity contribution in [3.63, 3.8) is 0 Å². The third-order valence-electron chi connectivity index (χ3n) is 2.64. The molecule has 0 radical (unpaired) electrons. The number of carboxylic acids is 1. The molecule has 22 heavy (non-hydrogen) atoms. The van der Waals surface area contributed by atoms with E-state index in [0.717, 1.165) is 15.4 Å². The van der Waals surface area contributed by atoms with Crippen LogP contribution in [0.5, 0.6) is 0 Å². The van der Waals surface area contributed by atoms with Crippen LogP contribution in [-0.2, 0) is 4.79 Å². The van der Waals surface area contributed by atoms with Crippen molar-refractivity contribution in [3.8, 4) is 0 Å². The van der Waals surface area contributed by atoms with Crippen LogP contribution in [-0.4, -0.2) is 16.0 Å². The fourth-order valence-electron chi connectivity index (χ4n) is 1.66. The summed E-state index contributed by atoms with van der Waals surface area (Å²) in [4.78, 5) is 22.6. The molecule has 0 fully saturated rings. The van der Waals surface area contributed by atoms with Gasteiger partial charge in [0.25, 0.3) is 5.69 Å². The number of rotatable bonds is 5. The Morgan fingerprint density at radius 1 is 1.23 bits per heavy atom. The Hall–Kier alpha value is -2.12. The Balaban J connectivity index is 2.32. The van der Waals surface area contributed by atoms with E-state index in [1.54, 1.807) is 12.1 Å². The van der Waals surface area contributed by atoms with E-state index in [1.807, 2.05) is 24.3 Å². The lowest BCUT2D eigenvalue weighted by atomic mass is 10.2. The number of benzene rings is 2.